The van der Waals surface area contributed by atoms with Gasteiger partial charge < -0.3 is 5.32 Å². The summed E-state index contributed by atoms with van der Waals surface area (Å²) in [5.41, 5.74) is 4.07. The molecule has 2 aromatic rings. The number of carbonyl (C=O) groups excluding carboxylic acids is 1. The summed E-state index contributed by atoms with van der Waals surface area (Å²) in [5, 5.41) is 3.07. The molecule has 0 radical (unpaired) electrons. The van der Waals surface area contributed by atoms with E-state index in [0.717, 1.165) is 30.2 Å². The van der Waals surface area contributed by atoms with Gasteiger partial charge in [0.1, 0.15) is 0 Å². The first-order chi connectivity index (χ1) is 9.81. The second-order valence-corrected chi connectivity index (χ2v) is 6.83. The summed E-state index contributed by atoms with van der Waals surface area (Å²) < 4.78 is 0. The molecule has 1 aromatic heterocycles. The van der Waals surface area contributed by atoms with E-state index in [-0.39, 0.29) is 5.91 Å². The standard InChI is InChI=1S/C17H17NOS/c19-17(18-10-11-5-6-11)15-9-13-8-7-12-3-1-2-4-14(12)16(13)20-15/h1-4,9,11H,5-8,10H2,(H,18,19). The Morgan fingerprint density at radius 3 is 2.85 bits per heavy atom. The van der Waals surface area contributed by atoms with Gasteiger partial charge in [0.05, 0.1) is 4.88 Å². The van der Waals surface area contributed by atoms with Gasteiger partial charge in [-0.25, -0.2) is 0 Å². The van der Waals surface area contributed by atoms with Crippen molar-refractivity contribution < 1.29 is 4.79 Å². The Labute approximate surface area is 122 Å². The Bertz CT molecular complexity index is 669. The van der Waals surface area contributed by atoms with Crippen molar-refractivity contribution in [3.05, 3.63) is 46.3 Å². The normalized spacial score (nSPS) is 16.4. The molecule has 1 aromatic carbocycles. The van der Waals surface area contributed by atoms with E-state index in [2.05, 4.69) is 35.6 Å². The molecule has 0 saturated heterocycles. The Kier molecular flexibility index (Phi) is 2.88. The summed E-state index contributed by atoms with van der Waals surface area (Å²) in [7, 11) is 0. The highest BCUT2D eigenvalue weighted by Crippen LogP contribution is 2.39. The highest BCUT2D eigenvalue weighted by atomic mass is 32.1. The number of carbonyl (C=O) groups is 1. The summed E-state index contributed by atoms with van der Waals surface area (Å²) >= 11 is 1.65. The van der Waals surface area contributed by atoms with Crippen molar-refractivity contribution in [1.82, 2.24) is 5.32 Å². The zero-order valence-electron chi connectivity index (χ0n) is 11.3. The van der Waals surface area contributed by atoms with Crippen LogP contribution in [-0.4, -0.2) is 12.5 Å². The second kappa shape index (κ2) is 4.74. The van der Waals surface area contributed by atoms with Gasteiger partial charge in [0.2, 0.25) is 0 Å². The highest BCUT2D eigenvalue weighted by molar-refractivity contribution is 7.17. The molecule has 3 heteroatoms. The van der Waals surface area contributed by atoms with Gasteiger partial charge in [0.25, 0.3) is 5.91 Å². The van der Waals surface area contributed by atoms with Crippen LogP contribution in [0, 0.1) is 5.92 Å². The van der Waals surface area contributed by atoms with Gasteiger partial charge in [0.15, 0.2) is 0 Å². The van der Waals surface area contributed by atoms with Crippen LogP contribution in [0.5, 0.6) is 0 Å². The number of thiophene rings is 1. The van der Waals surface area contributed by atoms with Crippen LogP contribution in [-0.2, 0) is 12.8 Å². The topological polar surface area (TPSA) is 29.1 Å². The monoisotopic (exact) mass is 283 g/mol. The van der Waals surface area contributed by atoms with Gasteiger partial charge >= 0.3 is 0 Å². The molecule has 0 unspecified atom stereocenters. The zero-order valence-corrected chi connectivity index (χ0v) is 12.1. The molecule has 2 nitrogen and oxygen atoms in total. The summed E-state index contributed by atoms with van der Waals surface area (Å²) in [6.07, 6.45) is 4.69. The van der Waals surface area contributed by atoms with Crippen molar-refractivity contribution in [2.75, 3.05) is 6.54 Å². The molecule has 0 bridgehead atoms. The van der Waals surface area contributed by atoms with Gasteiger partial charge in [-0.15, -0.1) is 11.3 Å². The molecule has 20 heavy (non-hydrogen) atoms. The third kappa shape index (κ3) is 2.16. The second-order valence-electron chi connectivity index (χ2n) is 5.78. The van der Waals surface area contributed by atoms with Crippen molar-refractivity contribution in [1.29, 1.82) is 0 Å². The fourth-order valence-corrected chi connectivity index (χ4v) is 4.02. The van der Waals surface area contributed by atoms with E-state index in [4.69, 9.17) is 0 Å². The van der Waals surface area contributed by atoms with Gasteiger partial charge in [0, 0.05) is 11.4 Å². The lowest BCUT2D eigenvalue weighted by molar-refractivity contribution is 0.0956. The minimum absolute atomic E-state index is 0.105. The Morgan fingerprint density at radius 2 is 2.00 bits per heavy atom. The lowest BCUT2D eigenvalue weighted by Gasteiger charge is -2.15. The molecule has 0 spiro atoms. The maximum absolute atomic E-state index is 12.2. The fraction of sp³-hybridized carbons (Fsp3) is 0.353. The van der Waals surface area contributed by atoms with Crippen molar-refractivity contribution >= 4 is 17.2 Å². The molecule has 1 heterocycles. The van der Waals surface area contributed by atoms with Gasteiger partial charge in [-0.2, -0.15) is 0 Å². The SMILES string of the molecule is O=C(NCC1CC1)c1cc2c(s1)-c1ccccc1CC2. The average molecular weight is 283 g/mol. The van der Waals surface area contributed by atoms with E-state index >= 15 is 0 Å². The maximum atomic E-state index is 12.2. The van der Waals surface area contributed by atoms with Crippen molar-refractivity contribution in [2.45, 2.75) is 25.7 Å². The summed E-state index contributed by atoms with van der Waals surface area (Å²) in [6.45, 7) is 0.845. The fourth-order valence-electron chi connectivity index (χ4n) is 2.83. The third-order valence-electron chi connectivity index (χ3n) is 4.21. The van der Waals surface area contributed by atoms with Crippen LogP contribution in [0.15, 0.2) is 30.3 Å². The molecule has 1 amide bonds. The molecule has 4 rings (SSSR count). The smallest absolute Gasteiger partial charge is 0.261 e. The Morgan fingerprint density at radius 1 is 1.20 bits per heavy atom. The van der Waals surface area contributed by atoms with Crippen molar-refractivity contribution in [3.8, 4) is 10.4 Å². The third-order valence-corrected chi connectivity index (χ3v) is 5.42. The molecular formula is C17H17NOS. The lowest BCUT2D eigenvalue weighted by atomic mass is 9.91. The molecule has 0 aliphatic heterocycles. The predicted molar refractivity (Wildman–Crippen MR) is 82.2 cm³/mol. The Hall–Kier alpha value is -1.61. The van der Waals surface area contributed by atoms with E-state index in [1.807, 2.05) is 0 Å². The van der Waals surface area contributed by atoms with Gasteiger partial charge in [-0.1, -0.05) is 24.3 Å². The van der Waals surface area contributed by atoms with E-state index in [1.165, 1.54) is 34.4 Å². The number of fused-ring (bicyclic) bond motifs is 3. The highest BCUT2D eigenvalue weighted by Gasteiger charge is 2.24. The van der Waals surface area contributed by atoms with Crippen LogP contribution in [0.1, 0.15) is 33.6 Å². The molecule has 2 aliphatic carbocycles. The minimum Gasteiger partial charge on any atom is -0.351 e. The van der Waals surface area contributed by atoms with Crippen LogP contribution in [0.25, 0.3) is 10.4 Å². The van der Waals surface area contributed by atoms with Crippen LogP contribution >= 0.6 is 11.3 Å². The van der Waals surface area contributed by atoms with E-state index in [9.17, 15) is 4.79 Å². The minimum atomic E-state index is 0.105. The Balaban J connectivity index is 1.62. The number of amides is 1. The summed E-state index contributed by atoms with van der Waals surface area (Å²) in [4.78, 5) is 14.4. The van der Waals surface area contributed by atoms with Crippen LogP contribution in [0.2, 0.25) is 0 Å². The molecule has 2 aliphatic rings. The average Bonchev–Trinajstić information content (AvgIpc) is 3.20. The van der Waals surface area contributed by atoms with Crippen LogP contribution in [0.4, 0.5) is 0 Å². The lowest BCUT2D eigenvalue weighted by Crippen LogP contribution is -2.24. The van der Waals surface area contributed by atoms with E-state index in [0.29, 0.717) is 0 Å². The van der Waals surface area contributed by atoms with E-state index < -0.39 is 0 Å². The summed E-state index contributed by atoms with van der Waals surface area (Å²) in [5.74, 6) is 0.836. The quantitative estimate of drug-likeness (QED) is 0.915. The van der Waals surface area contributed by atoms with Gasteiger partial charge in [-0.05, 0) is 54.4 Å². The first-order valence-corrected chi connectivity index (χ1v) is 8.12. The number of hydrogen-bond acceptors (Lipinski definition) is 2. The van der Waals surface area contributed by atoms with Crippen molar-refractivity contribution in [3.63, 3.8) is 0 Å². The molecule has 1 N–H and O–H groups in total. The molecule has 0 atom stereocenters. The number of rotatable bonds is 3. The molecule has 102 valence electrons. The maximum Gasteiger partial charge on any atom is 0.261 e. The van der Waals surface area contributed by atoms with E-state index in [1.54, 1.807) is 11.3 Å². The molecule has 1 saturated carbocycles. The van der Waals surface area contributed by atoms with Crippen molar-refractivity contribution in [2.24, 2.45) is 5.92 Å². The predicted octanol–water partition coefficient (Wildman–Crippen LogP) is 3.65. The first-order valence-electron chi connectivity index (χ1n) is 7.30. The molecular weight excluding hydrogens is 266 g/mol. The largest absolute Gasteiger partial charge is 0.351 e. The number of nitrogens with one attached hydrogen (secondary N) is 1. The van der Waals surface area contributed by atoms with Gasteiger partial charge in [-0.3, -0.25) is 4.79 Å². The van der Waals surface area contributed by atoms with Crippen LogP contribution < -0.4 is 5.32 Å². The zero-order chi connectivity index (χ0) is 13.5. The first kappa shape index (κ1) is 12.2. The van der Waals surface area contributed by atoms with Crippen LogP contribution in [0.3, 0.4) is 0 Å². The number of aryl methyl sites for hydroxylation is 2. The number of hydrogen-bond donors (Lipinski definition) is 1. The summed E-state index contributed by atoms with van der Waals surface area (Å²) in [6, 6.07) is 10.7. The molecule has 1 fully saturated rings. The number of benzene rings is 1.